The number of thiazole rings is 1. The van der Waals surface area contributed by atoms with Crippen LogP contribution < -0.4 is 10.1 Å². The van der Waals surface area contributed by atoms with Crippen LogP contribution in [0.4, 0.5) is 0 Å². The second kappa shape index (κ2) is 7.41. The molecule has 1 N–H and O–H groups in total. The maximum Gasteiger partial charge on any atom is 2.00 e. The van der Waals surface area contributed by atoms with Gasteiger partial charge in [0.05, 0.1) is 5.56 Å². The molecule has 150 valence electrons. The van der Waals surface area contributed by atoms with Crippen LogP contribution in [0.15, 0.2) is 84.9 Å². The molecule has 1 aliphatic carbocycles. The third kappa shape index (κ3) is 3.01. The average molecular weight is 429 g/mol. The van der Waals surface area contributed by atoms with Crippen molar-refractivity contribution in [2.45, 2.75) is 19.3 Å². The molecule has 0 spiro atoms. The number of aromatic amines is 1. The van der Waals surface area contributed by atoms with Crippen molar-refractivity contribution in [3.8, 4) is 38.6 Å². The van der Waals surface area contributed by atoms with Crippen molar-refractivity contribution < 1.29 is 10.1 Å². The summed E-state index contributed by atoms with van der Waals surface area (Å²) in [5.41, 5.74) is 8.83. The van der Waals surface area contributed by atoms with Crippen LogP contribution in [0.3, 0.4) is 0 Å². The van der Waals surface area contributed by atoms with Crippen molar-refractivity contribution in [2.75, 3.05) is 0 Å². The van der Waals surface area contributed by atoms with Crippen LogP contribution in [0, 0.1) is 0 Å². The predicted molar refractivity (Wildman–Crippen MR) is 132 cm³/mol. The van der Waals surface area contributed by atoms with Gasteiger partial charge in [-0.1, -0.05) is 91.6 Å². The molecule has 0 atom stereocenters. The van der Waals surface area contributed by atoms with E-state index in [4.69, 9.17) is 0 Å². The first-order valence-corrected chi connectivity index (χ1v) is 11.3. The topological polar surface area (TPSA) is 37.2 Å². The Bertz CT molecular complexity index is 1470. The smallest absolute Gasteiger partial charge is 0.872 e. The Balaban J connectivity index is 0.00000216. The summed E-state index contributed by atoms with van der Waals surface area (Å²) in [4.78, 5) is 3.49. The number of fused-ring (bicyclic) bond motifs is 4. The van der Waals surface area contributed by atoms with Crippen molar-refractivity contribution >= 4 is 31.7 Å². The van der Waals surface area contributed by atoms with E-state index in [0.717, 1.165) is 26.4 Å². The van der Waals surface area contributed by atoms with Gasteiger partial charge >= 0.3 is 10.1 Å². The monoisotopic (exact) mass is 428 g/mol. The summed E-state index contributed by atoms with van der Waals surface area (Å²) in [7, 11) is 0. The Kier molecular flexibility index (Phi) is 4.78. The molecule has 0 unspecified atom stereocenters. The molecule has 5 aromatic rings. The molecule has 0 amide bonds. The van der Waals surface area contributed by atoms with Crippen LogP contribution in [-0.2, 0) is 5.41 Å². The Morgan fingerprint density at radius 3 is 2.28 bits per heavy atom. The molecule has 4 heteroatoms. The fraction of sp³-hybridized carbons (Fsp3) is 0.107. The normalized spacial score (nSPS) is 13.4. The second-order valence-electron chi connectivity index (χ2n) is 8.70. The van der Waals surface area contributed by atoms with Gasteiger partial charge in [-0.2, -0.15) is 4.98 Å². The van der Waals surface area contributed by atoms with Crippen molar-refractivity contribution in [2.24, 2.45) is 0 Å². The summed E-state index contributed by atoms with van der Waals surface area (Å²) in [5.74, 6) is 0.0670. The zero-order valence-corrected chi connectivity index (χ0v) is 18.9. The molecule has 1 heterocycles. The molecule has 0 radical (unpaired) electrons. The van der Waals surface area contributed by atoms with E-state index in [9.17, 15) is 5.11 Å². The number of aromatic nitrogens is 1. The Hall–Kier alpha value is -3.26. The Morgan fingerprint density at radius 1 is 0.719 bits per heavy atom. The molecular weight excluding hydrogens is 407 g/mol. The molecule has 6 rings (SSSR count). The van der Waals surface area contributed by atoms with Crippen LogP contribution in [0.2, 0.25) is 0 Å². The van der Waals surface area contributed by atoms with Crippen molar-refractivity contribution in [3.63, 3.8) is 0 Å². The summed E-state index contributed by atoms with van der Waals surface area (Å²) in [6, 6.07) is 29.2. The molecule has 32 heavy (non-hydrogen) atoms. The summed E-state index contributed by atoms with van der Waals surface area (Å²) >= 11 is 1.65. The van der Waals surface area contributed by atoms with Crippen molar-refractivity contribution in [3.05, 3.63) is 96.1 Å². The Morgan fingerprint density at radius 2 is 1.47 bits per heavy atom. The van der Waals surface area contributed by atoms with Crippen LogP contribution in [-0.4, -0.2) is 10.1 Å². The van der Waals surface area contributed by atoms with E-state index in [2.05, 4.69) is 85.6 Å². The van der Waals surface area contributed by atoms with Gasteiger partial charge < -0.3 is 5.11 Å². The van der Waals surface area contributed by atoms with Crippen LogP contribution >= 0.6 is 11.3 Å². The van der Waals surface area contributed by atoms with E-state index >= 15 is 0 Å². The van der Waals surface area contributed by atoms with Gasteiger partial charge in [-0.15, -0.1) is 0 Å². The summed E-state index contributed by atoms with van der Waals surface area (Å²) < 4.78 is 1.15. The molecule has 0 saturated heterocycles. The largest absolute Gasteiger partial charge is 2.00 e. The van der Waals surface area contributed by atoms with Crippen LogP contribution in [0.1, 0.15) is 25.0 Å². The first-order chi connectivity index (χ1) is 15.0. The molecular formula is C28H21BeNOS+2. The first-order valence-electron chi connectivity index (χ1n) is 10.5. The van der Waals surface area contributed by atoms with E-state index in [0.29, 0.717) is 0 Å². The summed E-state index contributed by atoms with van der Waals surface area (Å²) in [6.45, 7) is 4.49. The maximum absolute atomic E-state index is 13.2. The molecule has 0 saturated carbocycles. The van der Waals surface area contributed by atoms with Gasteiger partial charge in [-0.3, -0.25) is 0 Å². The van der Waals surface area contributed by atoms with E-state index in [1.54, 1.807) is 11.3 Å². The number of hydrogen-bond acceptors (Lipinski definition) is 2. The van der Waals surface area contributed by atoms with Crippen molar-refractivity contribution in [1.29, 1.82) is 0 Å². The third-order valence-electron chi connectivity index (χ3n) is 6.48. The Labute approximate surface area is 195 Å². The van der Waals surface area contributed by atoms with E-state index in [1.807, 2.05) is 18.2 Å². The summed E-state index contributed by atoms with van der Waals surface area (Å²) in [5, 5.41) is 14.1. The molecule has 2 nitrogen and oxygen atoms in total. The van der Waals surface area contributed by atoms with Gasteiger partial charge in [-0.25, -0.2) is 0 Å². The van der Waals surface area contributed by atoms with Gasteiger partial charge in [0.2, 0.25) is 5.52 Å². The quantitative estimate of drug-likeness (QED) is 0.315. The number of hydrogen-bond donors (Lipinski definition) is 0. The molecule has 0 bridgehead atoms. The van der Waals surface area contributed by atoms with Gasteiger partial charge in [0.25, 0.3) is 5.01 Å². The number of H-pyrrole nitrogens is 1. The van der Waals surface area contributed by atoms with Gasteiger partial charge in [-0.05, 0) is 51.6 Å². The SMILES string of the molecule is CC1(C)c2ccccc2-c2cc([O-])c(-c3[nH+]c4ccc(-c5ccccc5)cc4s3)cc21.[Be+2]. The molecule has 1 aliphatic rings. The second-order valence-corrected chi connectivity index (χ2v) is 9.75. The van der Waals surface area contributed by atoms with Crippen LogP contribution in [0.25, 0.3) is 43.0 Å². The standard InChI is InChI=1S/C28H21NOS.Be/c1-28(2)22-11-7-6-10-19(22)20-16-25(30)21(15-23(20)28)27-29-24-13-12-18(14-26(24)31-27)17-8-4-3-5-9-17;/h3-16,30H,1-2H3;/q;+2. The minimum Gasteiger partial charge on any atom is -0.872 e. The average Bonchev–Trinajstić information content (AvgIpc) is 3.30. The van der Waals surface area contributed by atoms with Gasteiger partial charge in [0.15, 0.2) is 0 Å². The number of nitrogens with one attached hydrogen (secondary N) is 1. The first kappa shape index (κ1) is 20.6. The fourth-order valence-electron chi connectivity index (χ4n) is 4.81. The third-order valence-corrected chi connectivity index (χ3v) is 7.56. The summed E-state index contributed by atoms with van der Waals surface area (Å²) in [6.07, 6.45) is 0. The molecule has 4 aromatic carbocycles. The molecule has 1 aromatic heterocycles. The van der Waals surface area contributed by atoms with E-state index in [-0.39, 0.29) is 21.3 Å². The zero-order chi connectivity index (χ0) is 21.2. The number of rotatable bonds is 2. The zero-order valence-electron chi connectivity index (χ0n) is 18.1. The number of benzene rings is 4. The molecule has 0 fully saturated rings. The predicted octanol–water partition coefficient (Wildman–Crippen LogP) is 6.05. The minimum atomic E-state index is -0.120. The maximum atomic E-state index is 13.2. The van der Waals surface area contributed by atoms with Gasteiger partial charge in [0.1, 0.15) is 4.70 Å². The minimum absolute atomic E-state index is 0. The fourth-order valence-corrected chi connectivity index (χ4v) is 5.87. The molecule has 0 aliphatic heterocycles. The van der Waals surface area contributed by atoms with Crippen molar-refractivity contribution in [1.82, 2.24) is 0 Å². The van der Waals surface area contributed by atoms with E-state index in [1.165, 1.54) is 27.8 Å². The van der Waals surface area contributed by atoms with E-state index < -0.39 is 0 Å². The van der Waals surface area contributed by atoms with Gasteiger partial charge in [0, 0.05) is 11.5 Å². The van der Waals surface area contributed by atoms with Crippen LogP contribution in [0.5, 0.6) is 5.75 Å².